The molecule has 1 amide bonds. The molecule has 0 N–H and O–H groups in total. The summed E-state index contributed by atoms with van der Waals surface area (Å²) in [5.41, 5.74) is 0. The first-order valence-corrected chi connectivity index (χ1v) is 7.86. The zero-order valence-corrected chi connectivity index (χ0v) is 12.1. The fraction of sp³-hybridized carbons (Fsp3) is 0.462. The Bertz CT molecular complexity index is 603. The van der Waals surface area contributed by atoms with Gasteiger partial charge in [-0.15, -0.1) is 0 Å². The molecule has 1 aromatic carbocycles. The Morgan fingerprint density at radius 3 is 2.60 bits per heavy atom. The monoisotopic (exact) mass is 300 g/mol. The Morgan fingerprint density at radius 1 is 1.20 bits per heavy atom. The van der Waals surface area contributed by atoms with Crippen molar-refractivity contribution in [2.24, 2.45) is 0 Å². The molecule has 1 saturated heterocycles. The third kappa shape index (κ3) is 3.16. The normalized spacial score (nSPS) is 17.8. The van der Waals surface area contributed by atoms with Gasteiger partial charge in [-0.1, -0.05) is 6.07 Å². The maximum atomic E-state index is 13.2. The lowest BCUT2D eigenvalue weighted by molar-refractivity contribution is -0.128. The largest absolute Gasteiger partial charge is 0.342 e. The molecule has 0 radical (unpaired) electrons. The van der Waals surface area contributed by atoms with Gasteiger partial charge in [0.1, 0.15) is 5.82 Å². The van der Waals surface area contributed by atoms with Crippen LogP contribution < -0.4 is 0 Å². The van der Waals surface area contributed by atoms with E-state index in [-0.39, 0.29) is 17.3 Å². The van der Waals surface area contributed by atoms with Crippen LogP contribution in [0.3, 0.4) is 0 Å². The molecular formula is C13H17FN2O3S. The first-order valence-electron chi connectivity index (χ1n) is 6.42. The van der Waals surface area contributed by atoms with Gasteiger partial charge >= 0.3 is 0 Å². The lowest BCUT2D eigenvalue weighted by Crippen LogP contribution is -2.36. The van der Waals surface area contributed by atoms with Crippen LogP contribution in [0.4, 0.5) is 4.39 Å². The molecule has 7 heteroatoms. The van der Waals surface area contributed by atoms with E-state index >= 15 is 0 Å². The Kier molecular flexibility index (Phi) is 4.39. The van der Waals surface area contributed by atoms with Crippen LogP contribution in [0.25, 0.3) is 0 Å². The van der Waals surface area contributed by atoms with E-state index in [9.17, 15) is 17.6 Å². The predicted molar refractivity (Wildman–Crippen MR) is 72.0 cm³/mol. The van der Waals surface area contributed by atoms with Crippen LogP contribution in [0.1, 0.15) is 13.3 Å². The van der Waals surface area contributed by atoms with Gasteiger partial charge in [0, 0.05) is 33.1 Å². The Balaban J connectivity index is 2.20. The number of benzene rings is 1. The third-order valence-corrected chi connectivity index (χ3v) is 5.23. The smallest absolute Gasteiger partial charge is 0.243 e. The van der Waals surface area contributed by atoms with Gasteiger partial charge in [-0.2, -0.15) is 4.31 Å². The first-order chi connectivity index (χ1) is 9.41. The molecule has 0 spiro atoms. The number of carbonyl (C=O) groups is 1. The van der Waals surface area contributed by atoms with Gasteiger partial charge < -0.3 is 4.90 Å². The summed E-state index contributed by atoms with van der Waals surface area (Å²) in [6.45, 7) is 2.95. The van der Waals surface area contributed by atoms with Gasteiger partial charge in [0.05, 0.1) is 4.90 Å². The van der Waals surface area contributed by atoms with Crippen molar-refractivity contribution in [1.82, 2.24) is 9.21 Å². The van der Waals surface area contributed by atoms with Crippen LogP contribution in [0.2, 0.25) is 0 Å². The highest BCUT2D eigenvalue weighted by Gasteiger charge is 2.27. The van der Waals surface area contributed by atoms with Crippen molar-refractivity contribution < 1.29 is 17.6 Å². The molecule has 1 fully saturated rings. The van der Waals surface area contributed by atoms with Crippen LogP contribution in [0.15, 0.2) is 29.2 Å². The SMILES string of the molecule is CC(=O)N1CCCN(S(=O)(=O)c2cccc(F)c2)CC1. The van der Waals surface area contributed by atoms with Gasteiger partial charge in [0.2, 0.25) is 15.9 Å². The summed E-state index contributed by atoms with van der Waals surface area (Å²) in [5, 5.41) is 0. The third-order valence-electron chi connectivity index (χ3n) is 3.33. The number of nitrogens with zero attached hydrogens (tertiary/aromatic N) is 2. The summed E-state index contributed by atoms with van der Waals surface area (Å²) < 4.78 is 39.3. The van der Waals surface area contributed by atoms with Crippen LogP contribution >= 0.6 is 0 Å². The second-order valence-corrected chi connectivity index (χ2v) is 6.66. The van der Waals surface area contributed by atoms with Crippen LogP contribution in [0, 0.1) is 5.82 Å². The fourth-order valence-electron chi connectivity index (χ4n) is 2.23. The topological polar surface area (TPSA) is 57.7 Å². The number of halogens is 1. The number of carbonyl (C=O) groups excluding carboxylic acids is 1. The van der Waals surface area contributed by atoms with E-state index in [1.165, 1.54) is 29.4 Å². The Labute approximate surface area is 118 Å². The molecule has 0 aliphatic carbocycles. The molecule has 20 heavy (non-hydrogen) atoms. The maximum Gasteiger partial charge on any atom is 0.243 e. The minimum Gasteiger partial charge on any atom is -0.342 e. The van der Waals surface area contributed by atoms with E-state index < -0.39 is 15.8 Å². The lowest BCUT2D eigenvalue weighted by atomic mass is 10.4. The molecule has 0 unspecified atom stereocenters. The average molecular weight is 300 g/mol. The standard InChI is InChI=1S/C13H17FN2O3S/c1-11(17)15-6-3-7-16(9-8-15)20(18,19)13-5-2-4-12(14)10-13/h2,4-5,10H,3,6-9H2,1H3. The van der Waals surface area contributed by atoms with Crippen molar-refractivity contribution in [3.8, 4) is 0 Å². The molecule has 2 rings (SSSR count). The summed E-state index contributed by atoms with van der Waals surface area (Å²) in [6, 6.07) is 4.98. The second-order valence-electron chi connectivity index (χ2n) is 4.72. The van der Waals surface area contributed by atoms with E-state index in [1.54, 1.807) is 4.90 Å². The number of amides is 1. The maximum absolute atomic E-state index is 13.2. The molecule has 1 aliphatic rings. The highest BCUT2D eigenvalue weighted by Crippen LogP contribution is 2.18. The van der Waals surface area contributed by atoms with E-state index in [1.807, 2.05) is 0 Å². The van der Waals surface area contributed by atoms with Gasteiger partial charge in [0.25, 0.3) is 0 Å². The molecule has 1 aromatic rings. The molecule has 1 aliphatic heterocycles. The zero-order chi connectivity index (χ0) is 14.8. The Hall–Kier alpha value is -1.47. The van der Waals surface area contributed by atoms with Crippen molar-refractivity contribution in [1.29, 1.82) is 0 Å². The van der Waals surface area contributed by atoms with E-state index in [2.05, 4.69) is 0 Å². The van der Waals surface area contributed by atoms with Crippen LogP contribution in [0.5, 0.6) is 0 Å². The minimum absolute atomic E-state index is 0.0474. The Morgan fingerprint density at radius 2 is 1.95 bits per heavy atom. The van der Waals surface area contributed by atoms with Crippen molar-refractivity contribution in [3.63, 3.8) is 0 Å². The lowest BCUT2D eigenvalue weighted by Gasteiger charge is -2.21. The molecular weight excluding hydrogens is 283 g/mol. The number of rotatable bonds is 2. The second kappa shape index (κ2) is 5.88. The molecule has 0 bridgehead atoms. The summed E-state index contributed by atoms with van der Waals surface area (Å²) in [4.78, 5) is 12.9. The van der Waals surface area contributed by atoms with Crippen molar-refractivity contribution in [3.05, 3.63) is 30.1 Å². The summed E-state index contributed by atoms with van der Waals surface area (Å²) in [7, 11) is -3.70. The summed E-state index contributed by atoms with van der Waals surface area (Å²) in [6.07, 6.45) is 0.578. The number of hydrogen-bond acceptors (Lipinski definition) is 3. The number of sulfonamides is 1. The van der Waals surface area contributed by atoms with Gasteiger partial charge in [-0.3, -0.25) is 4.79 Å². The molecule has 5 nitrogen and oxygen atoms in total. The molecule has 0 atom stereocenters. The molecule has 0 saturated carbocycles. The molecule has 1 heterocycles. The van der Waals surface area contributed by atoms with E-state index in [0.717, 1.165) is 6.07 Å². The minimum atomic E-state index is -3.70. The fourth-order valence-corrected chi connectivity index (χ4v) is 3.73. The van der Waals surface area contributed by atoms with Gasteiger partial charge in [0.15, 0.2) is 0 Å². The predicted octanol–water partition coefficient (Wildman–Crippen LogP) is 1.07. The highest BCUT2D eigenvalue weighted by molar-refractivity contribution is 7.89. The van der Waals surface area contributed by atoms with Crippen molar-refractivity contribution >= 4 is 15.9 Å². The highest BCUT2D eigenvalue weighted by atomic mass is 32.2. The quantitative estimate of drug-likeness (QED) is 0.821. The van der Waals surface area contributed by atoms with Crippen LogP contribution in [-0.4, -0.2) is 49.7 Å². The average Bonchev–Trinajstić information content (AvgIpc) is 2.64. The van der Waals surface area contributed by atoms with Gasteiger partial charge in [-0.05, 0) is 24.6 Å². The summed E-state index contributed by atoms with van der Waals surface area (Å²) >= 11 is 0. The van der Waals surface area contributed by atoms with E-state index in [0.29, 0.717) is 26.1 Å². The zero-order valence-electron chi connectivity index (χ0n) is 11.3. The first kappa shape index (κ1) is 14.9. The number of hydrogen-bond donors (Lipinski definition) is 0. The summed E-state index contributed by atoms with van der Waals surface area (Å²) in [5.74, 6) is -0.638. The molecule has 110 valence electrons. The van der Waals surface area contributed by atoms with Crippen LogP contribution in [-0.2, 0) is 14.8 Å². The van der Waals surface area contributed by atoms with E-state index in [4.69, 9.17) is 0 Å². The van der Waals surface area contributed by atoms with Gasteiger partial charge in [-0.25, -0.2) is 12.8 Å². The molecule has 0 aromatic heterocycles. The van der Waals surface area contributed by atoms with Crippen molar-refractivity contribution in [2.75, 3.05) is 26.2 Å². The van der Waals surface area contributed by atoms with Crippen molar-refractivity contribution in [2.45, 2.75) is 18.2 Å².